The fourth-order valence-electron chi connectivity index (χ4n) is 4.47. The molecule has 2 fully saturated rings. The van der Waals surface area contributed by atoms with Crippen LogP contribution in [0.5, 0.6) is 0 Å². The second-order valence-corrected chi connectivity index (χ2v) is 9.56. The van der Waals surface area contributed by atoms with Crippen LogP contribution < -0.4 is 16.4 Å². The number of likely N-dealkylation sites (tertiary alicyclic amines) is 1. The van der Waals surface area contributed by atoms with Crippen molar-refractivity contribution in [2.75, 3.05) is 6.54 Å². The summed E-state index contributed by atoms with van der Waals surface area (Å²) in [5, 5.41) is 5.90. The van der Waals surface area contributed by atoms with Crippen molar-refractivity contribution in [2.45, 2.75) is 69.6 Å². The van der Waals surface area contributed by atoms with E-state index in [1.54, 1.807) is 23.1 Å². The monoisotopic (exact) mass is 480 g/mol. The van der Waals surface area contributed by atoms with Crippen LogP contribution in [0.1, 0.15) is 48.8 Å². The molecule has 0 bridgehead atoms. The molecule has 4 N–H and O–H groups in total. The third-order valence-corrected chi connectivity index (χ3v) is 6.55. The van der Waals surface area contributed by atoms with Crippen LogP contribution in [0.15, 0.2) is 48.5 Å². The first kappa shape index (κ1) is 24.9. The molecule has 2 aliphatic rings. The lowest BCUT2D eigenvalue weighted by Gasteiger charge is -2.25. The summed E-state index contributed by atoms with van der Waals surface area (Å²) in [6.45, 7) is 0.861. The molecule has 3 amide bonds. The number of benzene rings is 2. The number of carbonyl (C=O) groups excluding carboxylic acids is 3. The van der Waals surface area contributed by atoms with Crippen LogP contribution in [-0.2, 0) is 33.8 Å². The maximum Gasteiger partial charge on any atom is 0.243 e. The van der Waals surface area contributed by atoms with Crippen LogP contribution in [0.25, 0.3) is 0 Å². The van der Waals surface area contributed by atoms with Crippen LogP contribution in [0.2, 0.25) is 0 Å². The first-order valence-corrected chi connectivity index (χ1v) is 12.3. The number of hydrogen-bond donors (Lipinski definition) is 3. The molecule has 1 saturated heterocycles. The molecule has 7 nitrogen and oxygen atoms in total. The molecular formula is C27H33FN4O3. The second-order valence-electron chi connectivity index (χ2n) is 9.56. The number of nitrogens with two attached hydrogens (primary N) is 1. The van der Waals surface area contributed by atoms with Crippen LogP contribution >= 0.6 is 0 Å². The number of rotatable bonds is 10. The average Bonchev–Trinajstić information content (AvgIpc) is 3.50. The summed E-state index contributed by atoms with van der Waals surface area (Å²) in [6.07, 6.45) is 4.17. The molecule has 1 aliphatic heterocycles. The normalized spacial score (nSPS) is 18.2. The molecule has 0 radical (unpaired) electrons. The third-order valence-electron chi connectivity index (χ3n) is 6.55. The van der Waals surface area contributed by atoms with Crippen molar-refractivity contribution >= 4 is 17.7 Å². The Bertz CT molecular complexity index is 1050. The van der Waals surface area contributed by atoms with Gasteiger partial charge in [-0.25, -0.2) is 4.39 Å². The van der Waals surface area contributed by atoms with Gasteiger partial charge >= 0.3 is 0 Å². The van der Waals surface area contributed by atoms with Gasteiger partial charge in [-0.3, -0.25) is 14.4 Å². The molecule has 1 saturated carbocycles. The summed E-state index contributed by atoms with van der Waals surface area (Å²) in [4.78, 5) is 39.2. The number of nitrogens with zero attached hydrogens (tertiary/aromatic N) is 1. The first-order valence-electron chi connectivity index (χ1n) is 12.3. The lowest BCUT2D eigenvalue weighted by atomic mass is 10.0. The number of nitrogens with one attached hydrogen (secondary N) is 2. The molecule has 1 heterocycles. The molecule has 35 heavy (non-hydrogen) atoms. The molecule has 0 aromatic heterocycles. The van der Waals surface area contributed by atoms with Crippen molar-refractivity contribution in [1.82, 2.24) is 15.5 Å². The summed E-state index contributed by atoms with van der Waals surface area (Å²) in [5.41, 5.74) is 8.46. The van der Waals surface area contributed by atoms with Crippen molar-refractivity contribution in [2.24, 2.45) is 5.73 Å². The standard InChI is InChI=1S/C27H33FN4O3/c28-23-5-2-1-4-20(23)15-21(29)16-26(34)32-13-3-6-24(32)27(35)30-17-19-9-7-18(8-10-19)14-25(33)31-22-11-12-22/h1-2,4-5,7-10,21-22,24H,3,6,11-17,29H2,(H,30,35)(H,31,33)/t21-,24+/m1/s1. The Labute approximate surface area is 205 Å². The summed E-state index contributed by atoms with van der Waals surface area (Å²) < 4.78 is 13.9. The van der Waals surface area contributed by atoms with E-state index in [0.29, 0.717) is 37.5 Å². The average molecular weight is 481 g/mol. The highest BCUT2D eigenvalue weighted by Gasteiger charge is 2.34. The van der Waals surface area contributed by atoms with Gasteiger partial charge in [0.2, 0.25) is 17.7 Å². The van der Waals surface area contributed by atoms with Gasteiger partial charge in [0.1, 0.15) is 11.9 Å². The van der Waals surface area contributed by atoms with Gasteiger partial charge in [0.15, 0.2) is 0 Å². The van der Waals surface area contributed by atoms with Crippen LogP contribution in [0.3, 0.4) is 0 Å². The van der Waals surface area contributed by atoms with Crippen molar-refractivity contribution in [3.8, 4) is 0 Å². The van der Waals surface area contributed by atoms with E-state index >= 15 is 0 Å². The highest BCUT2D eigenvalue weighted by Crippen LogP contribution is 2.20. The van der Waals surface area contributed by atoms with E-state index in [9.17, 15) is 18.8 Å². The van der Waals surface area contributed by atoms with Gasteiger partial charge in [-0.05, 0) is 54.9 Å². The summed E-state index contributed by atoms with van der Waals surface area (Å²) in [7, 11) is 0. The first-order chi connectivity index (χ1) is 16.9. The summed E-state index contributed by atoms with van der Waals surface area (Å²) in [6, 6.07) is 13.3. The minimum Gasteiger partial charge on any atom is -0.353 e. The Morgan fingerprint density at radius 3 is 2.46 bits per heavy atom. The highest BCUT2D eigenvalue weighted by atomic mass is 19.1. The molecule has 0 unspecified atom stereocenters. The van der Waals surface area contributed by atoms with Gasteiger partial charge < -0.3 is 21.3 Å². The van der Waals surface area contributed by atoms with E-state index in [4.69, 9.17) is 5.73 Å². The maximum atomic E-state index is 13.9. The van der Waals surface area contributed by atoms with E-state index in [0.717, 1.165) is 30.4 Å². The number of carbonyl (C=O) groups is 3. The Balaban J connectivity index is 1.24. The fraction of sp³-hybridized carbons (Fsp3) is 0.444. The van der Waals surface area contributed by atoms with Crippen molar-refractivity contribution < 1.29 is 18.8 Å². The van der Waals surface area contributed by atoms with E-state index in [1.807, 2.05) is 24.3 Å². The maximum absolute atomic E-state index is 13.9. The van der Waals surface area contributed by atoms with Crippen LogP contribution in [0, 0.1) is 5.82 Å². The highest BCUT2D eigenvalue weighted by molar-refractivity contribution is 5.88. The molecule has 2 atom stereocenters. The van der Waals surface area contributed by atoms with Crippen LogP contribution in [0.4, 0.5) is 4.39 Å². The third kappa shape index (κ3) is 7.11. The second kappa shape index (κ2) is 11.4. The van der Waals surface area contributed by atoms with E-state index in [-0.39, 0.29) is 36.4 Å². The van der Waals surface area contributed by atoms with E-state index < -0.39 is 12.1 Å². The lowest BCUT2D eigenvalue weighted by molar-refractivity contribution is -0.138. The molecule has 186 valence electrons. The van der Waals surface area contributed by atoms with Gasteiger partial charge in [0.05, 0.1) is 6.42 Å². The van der Waals surface area contributed by atoms with Crippen LogP contribution in [-0.4, -0.2) is 47.3 Å². The molecule has 1 aliphatic carbocycles. The molecule has 8 heteroatoms. The topological polar surface area (TPSA) is 105 Å². The predicted octanol–water partition coefficient (Wildman–Crippen LogP) is 2.21. The lowest BCUT2D eigenvalue weighted by Crippen LogP contribution is -2.47. The van der Waals surface area contributed by atoms with Crippen molar-refractivity contribution in [3.63, 3.8) is 0 Å². The largest absolute Gasteiger partial charge is 0.353 e. The van der Waals surface area contributed by atoms with Gasteiger partial charge in [0, 0.05) is 31.6 Å². The Morgan fingerprint density at radius 2 is 1.74 bits per heavy atom. The summed E-state index contributed by atoms with van der Waals surface area (Å²) in [5.74, 6) is -0.664. The molecule has 2 aromatic carbocycles. The summed E-state index contributed by atoms with van der Waals surface area (Å²) >= 11 is 0. The van der Waals surface area contributed by atoms with E-state index in [2.05, 4.69) is 10.6 Å². The number of halogens is 1. The Morgan fingerprint density at radius 1 is 1.03 bits per heavy atom. The quantitative estimate of drug-likeness (QED) is 0.485. The molecule has 2 aromatic rings. The zero-order valence-electron chi connectivity index (χ0n) is 19.8. The fourth-order valence-corrected chi connectivity index (χ4v) is 4.47. The van der Waals surface area contributed by atoms with Gasteiger partial charge in [0.25, 0.3) is 0 Å². The molecule has 4 rings (SSSR count). The van der Waals surface area contributed by atoms with Gasteiger partial charge in [-0.15, -0.1) is 0 Å². The van der Waals surface area contributed by atoms with Gasteiger partial charge in [-0.1, -0.05) is 42.5 Å². The SMILES string of the molecule is N[C@@H](CC(=O)N1CCC[C@H]1C(=O)NCc1ccc(CC(=O)NC2CC2)cc1)Cc1ccccc1F. The van der Waals surface area contributed by atoms with Crippen molar-refractivity contribution in [3.05, 3.63) is 71.0 Å². The van der Waals surface area contributed by atoms with E-state index in [1.165, 1.54) is 6.07 Å². The zero-order valence-corrected chi connectivity index (χ0v) is 19.8. The zero-order chi connectivity index (χ0) is 24.8. The molecule has 0 spiro atoms. The predicted molar refractivity (Wildman–Crippen MR) is 131 cm³/mol. The molecular weight excluding hydrogens is 447 g/mol. The smallest absolute Gasteiger partial charge is 0.243 e. The number of hydrogen-bond acceptors (Lipinski definition) is 4. The van der Waals surface area contributed by atoms with Crippen molar-refractivity contribution in [1.29, 1.82) is 0 Å². The Hall–Kier alpha value is -3.26. The minimum atomic E-state index is -0.520. The Kier molecular flexibility index (Phi) is 8.13. The van der Waals surface area contributed by atoms with Gasteiger partial charge in [-0.2, -0.15) is 0 Å². The minimum absolute atomic E-state index is 0.0353. The number of amides is 3.